The minimum atomic E-state index is -0.216. The average molecular weight is 218 g/mol. The fourth-order valence-electron chi connectivity index (χ4n) is 0.656. The van der Waals surface area contributed by atoms with Crippen molar-refractivity contribution in [1.82, 2.24) is 0 Å². The molecule has 0 aromatic heterocycles. The number of ether oxygens (including phenoxy) is 1. The van der Waals surface area contributed by atoms with Gasteiger partial charge in [0.15, 0.2) is 0 Å². The molecular formula is C8H15AsO2. The zero-order chi connectivity index (χ0) is 9.02. The maximum atomic E-state index is 11.0. The van der Waals surface area contributed by atoms with E-state index in [9.17, 15) is 4.79 Å². The van der Waals surface area contributed by atoms with Gasteiger partial charge in [-0.2, -0.15) is 0 Å². The van der Waals surface area contributed by atoms with Gasteiger partial charge >= 0.3 is 76.1 Å². The summed E-state index contributed by atoms with van der Waals surface area (Å²) in [6.07, 6.45) is 0. The number of allylic oxidation sites excluding steroid dienone is 1. The van der Waals surface area contributed by atoms with E-state index in [1.54, 1.807) is 23.8 Å². The molecule has 0 saturated carbocycles. The molecule has 0 amide bonds. The summed E-state index contributed by atoms with van der Waals surface area (Å²) in [5.41, 5.74) is 1.86. The maximum absolute atomic E-state index is 11.0. The summed E-state index contributed by atoms with van der Waals surface area (Å²) in [5.74, 6) is -0.216. The van der Waals surface area contributed by atoms with Crippen molar-refractivity contribution < 1.29 is 9.53 Å². The molecule has 0 spiro atoms. The van der Waals surface area contributed by atoms with Gasteiger partial charge in [0.25, 0.3) is 0 Å². The van der Waals surface area contributed by atoms with Crippen LogP contribution in [0.4, 0.5) is 0 Å². The zero-order valence-corrected chi connectivity index (χ0v) is 9.89. The van der Waals surface area contributed by atoms with Gasteiger partial charge in [-0.05, 0) is 0 Å². The first kappa shape index (κ1) is 10.8. The Balaban J connectivity index is 4.52. The average Bonchev–Trinajstić information content (AvgIpc) is 2.00. The molecule has 0 N–H and O–H groups in total. The van der Waals surface area contributed by atoms with Crippen LogP contribution >= 0.6 is 0 Å². The first-order chi connectivity index (χ1) is 5.00. The molecule has 0 aliphatic heterocycles. The van der Waals surface area contributed by atoms with Crippen LogP contribution in [-0.4, -0.2) is 29.9 Å². The number of rotatable bonds is 2. The summed E-state index contributed by atoms with van der Waals surface area (Å²) in [7, 11) is 1.41. The van der Waals surface area contributed by atoms with E-state index in [0.29, 0.717) is 4.71 Å². The molecule has 0 rings (SSSR count). The van der Waals surface area contributed by atoms with Crippen molar-refractivity contribution >= 4 is 22.8 Å². The van der Waals surface area contributed by atoms with Crippen molar-refractivity contribution in [1.29, 1.82) is 0 Å². The molecule has 2 atom stereocenters. The summed E-state index contributed by atoms with van der Waals surface area (Å²) in [5, 5.41) is 0. The number of methoxy groups -OCH3 is 1. The summed E-state index contributed by atoms with van der Waals surface area (Å²) in [6.45, 7) is 5.86. The summed E-state index contributed by atoms with van der Waals surface area (Å²) in [4.78, 5) is 11.0. The molecule has 0 aromatic rings. The van der Waals surface area contributed by atoms with E-state index >= 15 is 0 Å². The van der Waals surface area contributed by atoms with Crippen LogP contribution in [0.15, 0.2) is 11.1 Å². The Morgan fingerprint density at radius 2 is 1.91 bits per heavy atom. The molecule has 0 heterocycles. The SMILES string of the molecule is COC(=O)C(C)=C(C)C(C)[AsH2]. The van der Waals surface area contributed by atoms with Crippen molar-refractivity contribution in [2.24, 2.45) is 0 Å². The number of carbonyl (C=O) groups excluding carboxylic acids is 1. The van der Waals surface area contributed by atoms with E-state index < -0.39 is 0 Å². The van der Waals surface area contributed by atoms with E-state index in [0.717, 1.165) is 11.1 Å². The second-order valence-corrected chi connectivity index (χ2v) is 4.69. The second-order valence-electron chi connectivity index (χ2n) is 2.59. The molecule has 0 fully saturated rings. The third kappa shape index (κ3) is 3.11. The third-order valence-corrected chi connectivity index (χ3v) is 2.82. The molecule has 2 nitrogen and oxygen atoms in total. The number of hydrogen-bond acceptors (Lipinski definition) is 2. The quantitative estimate of drug-likeness (QED) is 0.391. The van der Waals surface area contributed by atoms with Gasteiger partial charge in [0.1, 0.15) is 0 Å². The van der Waals surface area contributed by atoms with E-state index in [2.05, 4.69) is 11.7 Å². The molecule has 0 saturated heterocycles. The standard InChI is InChI=1S/C8H15AsO2/c1-5(7(3)9)6(2)8(10)11-4/h7H,9H2,1-4H3. The van der Waals surface area contributed by atoms with Crippen molar-refractivity contribution in [2.45, 2.75) is 25.5 Å². The van der Waals surface area contributed by atoms with Crippen molar-refractivity contribution in [3.8, 4) is 0 Å². The Morgan fingerprint density at radius 1 is 1.45 bits per heavy atom. The second kappa shape index (κ2) is 4.61. The van der Waals surface area contributed by atoms with Gasteiger partial charge in [0.2, 0.25) is 0 Å². The van der Waals surface area contributed by atoms with Crippen LogP contribution in [0.3, 0.4) is 0 Å². The molecule has 0 aromatic carbocycles. The molecule has 0 aliphatic carbocycles. The Hall–Kier alpha value is -0.232. The predicted molar refractivity (Wildman–Crippen MR) is 48.4 cm³/mol. The zero-order valence-electron chi connectivity index (χ0n) is 7.47. The van der Waals surface area contributed by atoms with E-state index in [4.69, 9.17) is 0 Å². The van der Waals surface area contributed by atoms with Crippen LogP contribution in [0.1, 0.15) is 20.8 Å². The summed E-state index contributed by atoms with van der Waals surface area (Å²) >= 11 is 1.62. The molecule has 3 heteroatoms. The third-order valence-electron chi connectivity index (χ3n) is 1.77. The summed E-state index contributed by atoms with van der Waals surface area (Å²) in [6, 6.07) is 0. The first-order valence-electron chi connectivity index (χ1n) is 3.52. The van der Waals surface area contributed by atoms with Crippen LogP contribution in [0.2, 0.25) is 4.71 Å². The van der Waals surface area contributed by atoms with Gasteiger partial charge in [-0.1, -0.05) is 0 Å². The Bertz CT molecular complexity index is 183. The number of carbonyl (C=O) groups is 1. The van der Waals surface area contributed by atoms with Gasteiger partial charge in [-0.3, -0.25) is 0 Å². The molecule has 0 aliphatic rings. The fraction of sp³-hybridized carbons (Fsp3) is 0.625. The van der Waals surface area contributed by atoms with Gasteiger partial charge in [-0.15, -0.1) is 0 Å². The molecule has 0 radical (unpaired) electrons. The van der Waals surface area contributed by atoms with Crippen LogP contribution in [0.25, 0.3) is 0 Å². The Labute approximate surface area is 76.5 Å². The Morgan fingerprint density at radius 3 is 2.18 bits per heavy atom. The van der Waals surface area contributed by atoms with Crippen LogP contribution in [0, 0.1) is 0 Å². The van der Waals surface area contributed by atoms with E-state index in [-0.39, 0.29) is 5.97 Å². The predicted octanol–water partition coefficient (Wildman–Crippen LogP) is 0.937. The summed E-state index contributed by atoms with van der Waals surface area (Å²) < 4.78 is 5.07. The van der Waals surface area contributed by atoms with Crippen LogP contribution in [-0.2, 0) is 9.53 Å². The molecule has 2 unspecified atom stereocenters. The number of hydrogen-bond donors (Lipinski definition) is 0. The van der Waals surface area contributed by atoms with Crippen LogP contribution < -0.4 is 0 Å². The van der Waals surface area contributed by atoms with Crippen molar-refractivity contribution in [3.05, 3.63) is 11.1 Å². The molecule has 0 bridgehead atoms. The van der Waals surface area contributed by atoms with Crippen molar-refractivity contribution in [3.63, 3.8) is 0 Å². The van der Waals surface area contributed by atoms with Crippen molar-refractivity contribution in [2.75, 3.05) is 7.11 Å². The van der Waals surface area contributed by atoms with E-state index in [1.807, 2.05) is 6.92 Å². The topological polar surface area (TPSA) is 26.3 Å². The molecule has 64 valence electrons. The van der Waals surface area contributed by atoms with Gasteiger partial charge in [0.05, 0.1) is 0 Å². The molecule has 11 heavy (non-hydrogen) atoms. The van der Waals surface area contributed by atoms with Crippen LogP contribution in [0.5, 0.6) is 0 Å². The number of esters is 1. The van der Waals surface area contributed by atoms with Gasteiger partial charge < -0.3 is 0 Å². The first-order valence-corrected chi connectivity index (χ1v) is 4.91. The normalized spacial score (nSPS) is 15.4. The van der Waals surface area contributed by atoms with E-state index in [1.165, 1.54) is 7.11 Å². The molecular weight excluding hydrogens is 203 g/mol. The monoisotopic (exact) mass is 218 g/mol. The minimum absolute atomic E-state index is 0.216. The van der Waals surface area contributed by atoms with Gasteiger partial charge in [-0.25, -0.2) is 0 Å². The Kier molecular flexibility index (Phi) is 4.51. The fourth-order valence-corrected chi connectivity index (χ4v) is 1.18. The van der Waals surface area contributed by atoms with Gasteiger partial charge in [0, 0.05) is 0 Å².